The molecule has 90 valence electrons. The van der Waals surface area contributed by atoms with Gasteiger partial charge in [-0.3, -0.25) is 0 Å². The van der Waals surface area contributed by atoms with Gasteiger partial charge in [0.05, 0.1) is 18.3 Å². The maximum absolute atomic E-state index is 9.54. The van der Waals surface area contributed by atoms with Crippen LogP contribution in [0.3, 0.4) is 0 Å². The number of H-pyrrole nitrogens is 1. The lowest BCUT2D eigenvalue weighted by Gasteiger charge is -2.38. The van der Waals surface area contributed by atoms with Crippen molar-refractivity contribution < 1.29 is 9.52 Å². The monoisotopic (exact) mass is 232 g/mol. The highest BCUT2D eigenvalue weighted by atomic mass is 16.3. The molecule has 0 spiro atoms. The first kappa shape index (κ1) is 10.6. The predicted molar refractivity (Wildman–Crippen MR) is 63.6 cm³/mol. The molecular weight excluding hydrogens is 216 g/mol. The average Bonchev–Trinajstić information content (AvgIpc) is 2.86. The molecule has 0 bridgehead atoms. The second-order valence-electron chi connectivity index (χ2n) is 4.83. The van der Waals surface area contributed by atoms with E-state index in [4.69, 9.17) is 4.42 Å². The Morgan fingerprint density at radius 1 is 1.53 bits per heavy atom. The third-order valence-corrected chi connectivity index (χ3v) is 3.75. The predicted octanol–water partition coefficient (Wildman–Crippen LogP) is 2.39. The Morgan fingerprint density at radius 2 is 2.35 bits per heavy atom. The standard InChI is InChI=1S/C13H16N2O2/c1-9-11(10-4-2-7-17-10)15-12(14-9)13(8-16)5-3-6-13/h2,4,7,16H,3,5-6,8H2,1H3,(H,14,15). The lowest BCUT2D eigenvalue weighted by Crippen LogP contribution is -2.39. The molecule has 2 heterocycles. The minimum absolute atomic E-state index is 0.143. The van der Waals surface area contributed by atoms with Gasteiger partial charge in [0.15, 0.2) is 5.76 Å². The van der Waals surface area contributed by atoms with Crippen molar-refractivity contribution in [3.8, 4) is 11.5 Å². The number of aromatic amines is 1. The molecule has 0 aromatic carbocycles. The lowest BCUT2D eigenvalue weighted by molar-refractivity contribution is 0.113. The maximum Gasteiger partial charge on any atom is 0.154 e. The Kier molecular flexibility index (Phi) is 2.33. The second-order valence-corrected chi connectivity index (χ2v) is 4.83. The number of hydrogen-bond acceptors (Lipinski definition) is 3. The zero-order valence-corrected chi connectivity index (χ0v) is 9.86. The molecule has 0 radical (unpaired) electrons. The topological polar surface area (TPSA) is 62.0 Å². The summed E-state index contributed by atoms with van der Waals surface area (Å²) in [4.78, 5) is 7.90. The molecule has 2 aromatic heterocycles. The van der Waals surface area contributed by atoms with E-state index in [9.17, 15) is 5.11 Å². The van der Waals surface area contributed by atoms with Gasteiger partial charge in [0.25, 0.3) is 0 Å². The summed E-state index contributed by atoms with van der Waals surface area (Å²) in [7, 11) is 0. The molecule has 0 atom stereocenters. The molecular formula is C13H16N2O2. The Balaban J connectivity index is 2.01. The van der Waals surface area contributed by atoms with Gasteiger partial charge in [0, 0.05) is 5.69 Å². The van der Waals surface area contributed by atoms with Gasteiger partial charge >= 0.3 is 0 Å². The van der Waals surface area contributed by atoms with E-state index < -0.39 is 0 Å². The highest BCUT2D eigenvalue weighted by molar-refractivity contribution is 5.55. The van der Waals surface area contributed by atoms with Crippen LogP contribution in [-0.2, 0) is 5.41 Å². The van der Waals surface area contributed by atoms with Crippen LogP contribution in [0.1, 0.15) is 30.8 Å². The van der Waals surface area contributed by atoms with E-state index in [2.05, 4.69) is 9.97 Å². The number of nitrogens with zero attached hydrogens (tertiary/aromatic N) is 1. The van der Waals surface area contributed by atoms with Gasteiger partial charge < -0.3 is 14.5 Å². The second kappa shape index (κ2) is 3.74. The minimum atomic E-state index is -0.143. The van der Waals surface area contributed by atoms with Crippen LogP contribution in [0.15, 0.2) is 22.8 Å². The minimum Gasteiger partial charge on any atom is -0.463 e. The van der Waals surface area contributed by atoms with E-state index in [0.29, 0.717) is 0 Å². The molecule has 2 N–H and O–H groups in total. The van der Waals surface area contributed by atoms with Crippen LogP contribution in [0.2, 0.25) is 0 Å². The van der Waals surface area contributed by atoms with Crippen LogP contribution in [-0.4, -0.2) is 21.7 Å². The van der Waals surface area contributed by atoms with Crippen LogP contribution >= 0.6 is 0 Å². The number of aromatic nitrogens is 2. The van der Waals surface area contributed by atoms with E-state index >= 15 is 0 Å². The molecule has 3 rings (SSSR count). The summed E-state index contributed by atoms with van der Waals surface area (Å²) in [5, 5.41) is 9.54. The first-order valence-electron chi connectivity index (χ1n) is 5.97. The molecule has 0 unspecified atom stereocenters. The zero-order valence-electron chi connectivity index (χ0n) is 9.86. The maximum atomic E-state index is 9.54. The smallest absolute Gasteiger partial charge is 0.154 e. The number of aryl methyl sites for hydroxylation is 1. The van der Waals surface area contributed by atoms with Gasteiger partial charge in [-0.05, 0) is 31.9 Å². The average molecular weight is 232 g/mol. The first-order chi connectivity index (χ1) is 8.25. The highest BCUT2D eigenvalue weighted by Crippen LogP contribution is 2.42. The molecule has 4 nitrogen and oxygen atoms in total. The van der Waals surface area contributed by atoms with E-state index in [1.807, 2.05) is 19.1 Å². The van der Waals surface area contributed by atoms with E-state index in [0.717, 1.165) is 42.2 Å². The summed E-state index contributed by atoms with van der Waals surface area (Å²) in [5.41, 5.74) is 1.70. The number of aliphatic hydroxyl groups excluding tert-OH is 1. The van der Waals surface area contributed by atoms with Crippen molar-refractivity contribution in [2.24, 2.45) is 0 Å². The number of hydrogen-bond donors (Lipinski definition) is 2. The van der Waals surface area contributed by atoms with Crippen molar-refractivity contribution in [1.29, 1.82) is 0 Å². The molecule has 1 aliphatic rings. The lowest BCUT2D eigenvalue weighted by atomic mass is 9.69. The molecule has 0 aliphatic heterocycles. The van der Waals surface area contributed by atoms with E-state index in [-0.39, 0.29) is 12.0 Å². The summed E-state index contributed by atoms with van der Waals surface area (Å²) >= 11 is 0. The number of nitrogens with one attached hydrogen (secondary N) is 1. The molecule has 1 fully saturated rings. The molecule has 4 heteroatoms. The van der Waals surface area contributed by atoms with Crippen LogP contribution in [0.4, 0.5) is 0 Å². The van der Waals surface area contributed by atoms with Crippen LogP contribution < -0.4 is 0 Å². The largest absolute Gasteiger partial charge is 0.463 e. The normalized spacial score (nSPS) is 18.0. The van der Waals surface area contributed by atoms with Gasteiger partial charge in [-0.25, -0.2) is 4.98 Å². The first-order valence-corrected chi connectivity index (χ1v) is 5.97. The SMILES string of the molecule is Cc1[nH]c(C2(CO)CCC2)nc1-c1ccco1. The van der Waals surface area contributed by atoms with Crippen LogP contribution in [0, 0.1) is 6.92 Å². The fraction of sp³-hybridized carbons (Fsp3) is 0.462. The van der Waals surface area contributed by atoms with Crippen molar-refractivity contribution in [1.82, 2.24) is 9.97 Å². The fourth-order valence-corrected chi connectivity index (χ4v) is 2.44. The third kappa shape index (κ3) is 1.52. The van der Waals surface area contributed by atoms with Crippen molar-refractivity contribution in [3.05, 3.63) is 29.9 Å². The zero-order chi connectivity index (χ0) is 11.9. The van der Waals surface area contributed by atoms with E-state index in [1.165, 1.54) is 0 Å². The van der Waals surface area contributed by atoms with Gasteiger partial charge in [0.1, 0.15) is 11.5 Å². The Labute approximate surface area is 99.7 Å². The molecule has 1 saturated carbocycles. The Bertz CT molecular complexity index is 504. The highest BCUT2D eigenvalue weighted by Gasteiger charge is 2.41. The third-order valence-electron chi connectivity index (χ3n) is 3.75. The molecule has 17 heavy (non-hydrogen) atoms. The summed E-state index contributed by atoms with van der Waals surface area (Å²) < 4.78 is 5.37. The van der Waals surface area contributed by atoms with Crippen molar-refractivity contribution in [2.45, 2.75) is 31.6 Å². The van der Waals surface area contributed by atoms with Crippen molar-refractivity contribution >= 4 is 0 Å². The van der Waals surface area contributed by atoms with Gasteiger partial charge in [0.2, 0.25) is 0 Å². The molecule has 2 aromatic rings. The number of furan rings is 1. The Morgan fingerprint density at radius 3 is 2.88 bits per heavy atom. The van der Waals surface area contributed by atoms with Crippen molar-refractivity contribution in [2.75, 3.05) is 6.61 Å². The van der Waals surface area contributed by atoms with Crippen molar-refractivity contribution in [3.63, 3.8) is 0 Å². The van der Waals surface area contributed by atoms with Crippen LogP contribution in [0.5, 0.6) is 0 Å². The molecule has 1 aliphatic carbocycles. The van der Waals surface area contributed by atoms with E-state index in [1.54, 1.807) is 6.26 Å². The number of rotatable bonds is 3. The summed E-state index contributed by atoms with van der Waals surface area (Å²) in [5.74, 6) is 1.67. The number of imidazole rings is 1. The van der Waals surface area contributed by atoms with Crippen LogP contribution in [0.25, 0.3) is 11.5 Å². The molecule has 0 saturated heterocycles. The number of aliphatic hydroxyl groups is 1. The Hall–Kier alpha value is -1.55. The van der Waals surface area contributed by atoms with Gasteiger partial charge in [-0.2, -0.15) is 0 Å². The molecule has 0 amide bonds. The van der Waals surface area contributed by atoms with Gasteiger partial charge in [-0.1, -0.05) is 6.42 Å². The fourth-order valence-electron chi connectivity index (χ4n) is 2.44. The quantitative estimate of drug-likeness (QED) is 0.854. The van der Waals surface area contributed by atoms with Gasteiger partial charge in [-0.15, -0.1) is 0 Å². The summed E-state index contributed by atoms with van der Waals surface area (Å²) in [6.07, 6.45) is 4.83. The summed E-state index contributed by atoms with van der Waals surface area (Å²) in [6.45, 7) is 2.15. The summed E-state index contributed by atoms with van der Waals surface area (Å²) in [6, 6.07) is 3.76.